The standard InChI is InChI=1S/C25H29Cl3O7/c1-15(29)32-13-21(35-16(2)30)14-33-20-7-5-17(6-8-20)25(3,4)18-9-22(27)24(23(28)10-18)34-12-19(31)11-26/h5-10,19,21,31H,11-14H2,1-4H3/t19-,21-/m0/s1. The molecule has 192 valence electrons. The van der Waals surface area contributed by atoms with E-state index >= 15 is 0 Å². The lowest BCUT2D eigenvalue weighted by Crippen LogP contribution is -2.29. The van der Waals surface area contributed by atoms with Gasteiger partial charge in [-0.3, -0.25) is 9.59 Å². The third-order valence-electron chi connectivity index (χ3n) is 5.14. The van der Waals surface area contributed by atoms with E-state index in [2.05, 4.69) is 0 Å². The number of carbonyl (C=O) groups excluding carboxylic acids is 2. The molecule has 0 aromatic heterocycles. The van der Waals surface area contributed by atoms with Crippen molar-refractivity contribution < 1.29 is 33.6 Å². The van der Waals surface area contributed by atoms with Crippen LogP contribution in [0.3, 0.4) is 0 Å². The summed E-state index contributed by atoms with van der Waals surface area (Å²) in [6.07, 6.45) is -1.55. The molecule has 0 saturated heterocycles. The summed E-state index contributed by atoms with van der Waals surface area (Å²) in [4.78, 5) is 22.3. The Kier molecular flexibility index (Phi) is 11.0. The van der Waals surface area contributed by atoms with Crippen LogP contribution in [0.5, 0.6) is 11.5 Å². The van der Waals surface area contributed by atoms with E-state index in [0.29, 0.717) is 15.8 Å². The van der Waals surface area contributed by atoms with Gasteiger partial charge in [0.15, 0.2) is 11.9 Å². The van der Waals surface area contributed by atoms with Crippen LogP contribution in [0.4, 0.5) is 0 Å². The molecule has 0 heterocycles. The molecular weight excluding hydrogens is 519 g/mol. The third-order valence-corrected chi connectivity index (χ3v) is 6.05. The predicted molar refractivity (Wildman–Crippen MR) is 135 cm³/mol. The Labute approximate surface area is 220 Å². The van der Waals surface area contributed by atoms with E-state index in [1.165, 1.54) is 13.8 Å². The summed E-state index contributed by atoms with van der Waals surface area (Å²) >= 11 is 18.4. The molecule has 0 aliphatic heterocycles. The number of hydrogen-bond donors (Lipinski definition) is 1. The highest BCUT2D eigenvalue weighted by atomic mass is 35.5. The maximum Gasteiger partial charge on any atom is 0.303 e. The number of alkyl halides is 1. The Morgan fingerprint density at radius 1 is 0.914 bits per heavy atom. The average molecular weight is 548 g/mol. The van der Waals surface area contributed by atoms with Crippen LogP contribution in [0.25, 0.3) is 0 Å². The van der Waals surface area contributed by atoms with Gasteiger partial charge in [0, 0.05) is 19.3 Å². The summed E-state index contributed by atoms with van der Waals surface area (Å²) in [6.45, 7) is 6.52. The summed E-state index contributed by atoms with van der Waals surface area (Å²) in [5.41, 5.74) is 1.37. The quantitative estimate of drug-likeness (QED) is 0.289. The van der Waals surface area contributed by atoms with Gasteiger partial charge in [-0.25, -0.2) is 0 Å². The van der Waals surface area contributed by atoms with Crippen LogP contribution < -0.4 is 9.47 Å². The minimum atomic E-state index is -0.827. The van der Waals surface area contributed by atoms with Crippen molar-refractivity contribution in [3.8, 4) is 11.5 Å². The van der Waals surface area contributed by atoms with Gasteiger partial charge in [0.25, 0.3) is 0 Å². The maximum absolute atomic E-state index is 11.3. The van der Waals surface area contributed by atoms with E-state index in [1.807, 2.05) is 26.0 Å². The molecule has 2 rings (SSSR count). The first kappa shape index (κ1) is 29.0. The zero-order chi connectivity index (χ0) is 26.2. The van der Waals surface area contributed by atoms with Crippen LogP contribution in [-0.4, -0.2) is 55.0 Å². The highest BCUT2D eigenvalue weighted by molar-refractivity contribution is 6.37. The minimum absolute atomic E-state index is 0.0215. The lowest BCUT2D eigenvalue weighted by atomic mass is 9.78. The molecule has 0 aliphatic carbocycles. The van der Waals surface area contributed by atoms with Crippen molar-refractivity contribution in [2.75, 3.05) is 25.7 Å². The Hall–Kier alpha value is -2.19. The fourth-order valence-electron chi connectivity index (χ4n) is 3.17. The second kappa shape index (κ2) is 13.2. The van der Waals surface area contributed by atoms with Crippen molar-refractivity contribution in [3.05, 3.63) is 57.6 Å². The van der Waals surface area contributed by atoms with E-state index in [0.717, 1.165) is 11.1 Å². The molecule has 2 atom stereocenters. The number of carbonyl (C=O) groups is 2. The predicted octanol–water partition coefficient (Wildman–Crippen LogP) is 5.17. The second-order valence-corrected chi connectivity index (χ2v) is 9.51. The number of benzene rings is 2. The third kappa shape index (κ3) is 8.76. The van der Waals surface area contributed by atoms with Crippen LogP contribution in [0, 0.1) is 0 Å². The minimum Gasteiger partial charge on any atom is -0.490 e. The number of rotatable bonds is 12. The topological polar surface area (TPSA) is 91.3 Å². The van der Waals surface area contributed by atoms with Crippen LogP contribution in [0.15, 0.2) is 36.4 Å². The van der Waals surface area contributed by atoms with Crippen LogP contribution in [-0.2, 0) is 24.5 Å². The molecular formula is C25H29Cl3O7. The molecule has 0 unspecified atom stereocenters. The monoisotopic (exact) mass is 546 g/mol. The van der Waals surface area contributed by atoms with E-state index < -0.39 is 29.6 Å². The molecule has 0 spiro atoms. The van der Waals surface area contributed by atoms with Gasteiger partial charge in [-0.15, -0.1) is 11.6 Å². The molecule has 0 bridgehead atoms. The second-order valence-electron chi connectivity index (χ2n) is 8.38. The first-order valence-electron chi connectivity index (χ1n) is 10.8. The zero-order valence-corrected chi connectivity index (χ0v) is 22.2. The number of aliphatic hydroxyl groups is 1. The molecule has 0 fully saturated rings. The first-order chi connectivity index (χ1) is 16.4. The van der Waals surface area contributed by atoms with Gasteiger partial charge in [-0.1, -0.05) is 49.2 Å². The summed E-state index contributed by atoms with van der Waals surface area (Å²) < 4.78 is 21.3. The van der Waals surface area contributed by atoms with E-state index in [4.69, 9.17) is 53.8 Å². The Morgan fingerprint density at radius 3 is 2.03 bits per heavy atom. The van der Waals surface area contributed by atoms with E-state index in [9.17, 15) is 14.7 Å². The van der Waals surface area contributed by atoms with Crippen molar-refractivity contribution in [2.45, 2.75) is 45.3 Å². The summed E-state index contributed by atoms with van der Waals surface area (Å²) in [5.74, 6) is -0.0799. The van der Waals surface area contributed by atoms with E-state index in [-0.39, 0.29) is 31.5 Å². The molecule has 0 amide bonds. The molecule has 0 saturated carbocycles. The Morgan fingerprint density at radius 2 is 1.51 bits per heavy atom. The summed E-state index contributed by atoms with van der Waals surface area (Å²) in [5, 5.41) is 10.3. The maximum atomic E-state index is 11.3. The van der Waals surface area contributed by atoms with Crippen LogP contribution in [0.1, 0.15) is 38.8 Å². The van der Waals surface area contributed by atoms with Crippen molar-refractivity contribution in [3.63, 3.8) is 0 Å². The zero-order valence-electron chi connectivity index (χ0n) is 20.0. The van der Waals surface area contributed by atoms with Gasteiger partial charge in [-0.05, 0) is 35.4 Å². The molecule has 2 aromatic rings. The van der Waals surface area contributed by atoms with Gasteiger partial charge in [0.1, 0.15) is 31.7 Å². The first-order valence-corrected chi connectivity index (χ1v) is 12.1. The van der Waals surface area contributed by atoms with Gasteiger partial charge < -0.3 is 24.1 Å². The highest BCUT2D eigenvalue weighted by Crippen LogP contribution is 2.40. The van der Waals surface area contributed by atoms with Crippen LogP contribution >= 0.6 is 34.8 Å². The molecule has 35 heavy (non-hydrogen) atoms. The van der Waals surface area contributed by atoms with Gasteiger partial charge in [0.2, 0.25) is 0 Å². The number of aliphatic hydroxyl groups excluding tert-OH is 1. The number of hydrogen-bond acceptors (Lipinski definition) is 7. The fraction of sp³-hybridized carbons (Fsp3) is 0.440. The normalized spacial score (nSPS) is 13.0. The van der Waals surface area contributed by atoms with Crippen molar-refractivity contribution >= 4 is 46.7 Å². The van der Waals surface area contributed by atoms with Gasteiger partial charge in [0.05, 0.1) is 15.9 Å². The number of halogens is 3. The molecule has 7 nitrogen and oxygen atoms in total. The Bertz CT molecular complexity index is 986. The summed E-state index contributed by atoms with van der Waals surface area (Å²) in [6, 6.07) is 11.0. The van der Waals surface area contributed by atoms with Gasteiger partial charge >= 0.3 is 11.9 Å². The molecule has 2 aromatic carbocycles. The molecule has 10 heteroatoms. The smallest absolute Gasteiger partial charge is 0.303 e. The van der Waals surface area contributed by atoms with Crippen LogP contribution in [0.2, 0.25) is 10.0 Å². The molecule has 0 aliphatic rings. The van der Waals surface area contributed by atoms with Crippen molar-refractivity contribution in [2.24, 2.45) is 0 Å². The molecule has 0 radical (unpaired) electrons. The van der Waals surface area contributed by atoms with Crippen molar-refractivity contribution in [1.82, 2.24) is 0 Å². The number of ether oxygens (including phenoxy) is 4. The highest BCUT2D eigenvalue weighted by Gasteiger charge is 2.26. The SMILES string of the molecule is CC(=O)OC[C@@H](COc1ccc(C(C)(C)c2cc(Cl)c(OC[C@@H](O)CCl)c(Cl)c2)cc1)OC(C)=O. The average Bonchev–Trinajstić information content (AvgIpc) is 2.79. The van der Waals surface area contributed by atoms with Gasteiger partial charge in [-0.2, -0.15) is 0 Å². The largest absolute Gasteiger partial charge is 0.490 e. The summed E-state index contributed by atoms with van der Waals surface area (Å²) in [7, 11) is 0. The number of esters is 2. The lowest BCUT2D eigenvalue weighted by Gasteiger charge is -2.27. The van der Waals surface area contributed by atoms with Crippen molar-refractivity contribution in [1.29, 1.82) is 0 Å². The fourth-order valence-corrected chi connectivity index (χ4v) is 3.85. The van der Waals surface area contributed by atoms with E-state index in [1.54, 1.807) is 24.3 Å². The molecule has 1 N–H and O–H groups in total. The lowest BCUT2D eigenvalue weighted by molar-refractivity contribution is -0.158. The Balaban J connectivity index is 2.12.